The minimum atomic E-state index is 0.604. The van der Waals surface area contributed by atoms with E-state index in [0.717, 1.165) is 43.6 Å². The highest BCUT2D eigenvalue weighted by atomic mass is 15.2. The smallest absolute Gasteiger partial charge is 0.0931 e. The Morgan fingerprint density at radius 3 is 3.00 bits per heavy atom. The van der Waals surface area contributed by atoms with Gasteiger partial charge in [-0.3, -0.25) is 4.90 Å². The van der Waals surface area contributed by atoms with Crippen LogP contribution in [-0.2, 0) is 6.42 Å². The van der Waals surface area contributed by atoms with Crippen LogP contribution in [0.1, 0.15) is 12.5 Å². The van der Waals surface area contributed by atoms with E-state index in [1.807, 2.05) is 0 Å². The highest BCUT2D eigenvalue weighted by molar-refractivity contribution is 5.75. The second-order valence-corrected chi connectivity index (χ2v) is 5.09. The van der Waals surface area contributed by atoms with Crippen molar-refractivity contribution >= 4 is 11.0 Å². The minimum Gasteiger partial charge on any atom is -0.345 e. The average Bonchev–Trinajstić information content (AvgIpc) is 2.87. The highest BCUT2D eigenvalue weighted by Crippen LogP contribution is 2.15. The Bertz CT molecular complexity index is 513. The van der Waals surface area contributed by atoms with Crippen molar-refractivity contribution < 1.29 is 0 Å². The molecule has 4 heteroatoms. The van der Waals surface area contributed by atoms with Gasteiger partial charge in [0, 0.05) is 32.2 Å². The van der Waals surface area contributed by atoms with Gasteiger partial charge in [0.2, 0.25) is 0 Å². The number of aromatic amines is 1. The molecule has 96 valence electrons. The van der Waals surface area contributed by atoms with Gasteiger partial charge in [-0.05, 0) is 31.0 Å². The van der Waals surface area contributed by atoms with Gasteiger partial charge in [0.05, 0.1) is 17.4 Å². The van der Waals surface area contributed by atoms with Crippen molar-refractivity contribution in [1.29, 1.82) is 0 Å². The van der Waals surface area contributed by atoms with Crippen molar-refractivity contribution in [2.24, 2.45) is 0 Å². The van der Waals surface area contributed by atoms with Crippen LogP contribution in [0.15, 0.2) is 24.5 Å². The number of fused-ring (bicyclic) bond motifs is 1. The molecule has 2 aromatic rings. The summed E-state index contributed by atoms with van der Waals surface area (Å²) in [4.78, 5) is 10.00. The predicted octanol–water partition coefficient (Wildman–Crippen LogP) is 1.40. The summed E-state index contributed by atoms with van der Waals surface area (Å²) in [6.07, 6.45) is 2.86. The number of aromatic nitrogens is 2. The summed E-state index contributed by atoms with van der Waals surface area (Å²) < 4.78 is 0. The Balaban J connectivity index is 1.70. The van der Waals surface area contributed by atoms with E-state index in [1.165, 1.54) is 5.56 Å². The quantitative estimate of drug-likeness (QED) is 0.858. The van der Waals surface area contributed by atoms with Crippen LogP contribution in [0.4, 0.5) is 0 Å². The van der Waals surface area contributed by atoms with E-state index < -0.39 is 0 Å². The maximum atomic E-state index is 4.25. The lowest BCUT2D eigenvalue weighted by atomic mass is 10.0. The second-order valence-electron chi connectivity index (χ2n) is 5.09. The maximum absolute atomic E-state index is 4.25. The van der Waals surface area contributed by atoms with Crippen LogP contribution < -0.4 is 5.32 Å². The molecule has 1 fully saturated rings. The molecule has 1 aliphatic heterocycles. The van der Waals surface area contributed by atoms with Gasteiger partial charge in [0.15, 0.2) is 0 Å². The Morgan fingerprint density at radius 1 is 1.33 bits per heavy atom. The Hall–Kier alpha value is -1.39. The SMILES string of the molecule is CC(Cc1ccc2nc[nH]c2c1)N1CCNCC1. The van der Waals surface area contributed by atoms with Crippen LogP contribution in [-0.4, -0.2) is 47.1 Å². The summed E-state index contributed by atoms with van der Waals surface area (Å²) in [6, 6.07) is 7.13. The molecule has 1 atom stereocenters. The molecule has 0 aliphatic carbocycles. The number of imidazole rings is 1. The number of benzene rings is 1. The molecule has 0 bridgehead atoms. The van der Waals surface area contributed by atoms with Crippen molar-refractivity contribution in [3.05, 3.63) is 30.1 Å². The normalized spacial score (nSPS) is 19.2. The molecular formula is C14H20N4. The molecule has 1 aliphatic rings. The number of nitrogens with zero attached hydrogens (tertiary/aromatic N) is 2. The fraction of sp³-hybridized carbons (Fsp3) is 0.500. The van der Waals surface area contributed by atoms with Crippen LogP contribution >= 0.6 is 0 Å². The third-order valence-electron chi connectivity index (χ3n) is 3.79. The van der Waals surface area contributed by atoms with Crippen LogP contribution in [0.3, 0.4) is 0 Å². The third kappa shape index (κ3) is 2.40. The van der Waals surface area contributed by atoms with Crippen molar-refractivity contribution in [3.8, 4) is 0 Å². The fourth-order valence-corrected chi connectivity index (χ4v) is 2.70. The topological polar surface area (TPSA) is 44.0 Å². The molecule has 1 aromatic heterocycles. The monoisotopic (exact) mass is 244 g/mol. The molecule has 18 heavy (non-hydrogen) atoms. The van der Waals surface area contributed by atoms with Crippen LogP contribution in [0, 0.1) is 0 Å². The molecule has 0 spiro atoms. The molecule has 1 aromatic carbocycles. The summed E-state index contributed by atoms with van der Waals surface area (Å²) in [5.74, 6) is 0. The molecule has 2 N–H and O–H groups in total. The molecule has 1 unspecified atom stereocenters. The predicted molar refractivity (Wildman–Crippen MR) is 73.7 cm³/mol. The summed E-state index contributed by atoms with van der Waals surface area (Å²) in [7, 11) is 0. The van der Waals surface area contributed by atoms with Crippen LogP contribution in [0.25, 0.3) is 11.0 Å². The second kappa shape index (κ2) is 5.08. The third-order valence-corrected chi connectivity index (χ3v) is 3.79. The van der Waals surface area contributed by atoms with Gasteiger partial charge in [-0.1, -0.05) is 6.07 Å². The van der Waals surface area contributed by atoms with E-state index >= 15 is 0 Å². The van der Waals surface area contributed by atoms with Crippen molar-refractivity contribution in [2.75, 3.05) is 26.2 Å². The number of rotatable bonds is 3. The standard InChI is InChI=1S/C14H20N4/c1-11(18-6-4-15-5-7-18)8-12-2-3-13-14(9-12)17-10-16-13/h2-3,9-11,15H,4-8H2,1H3,(H,16,17). The van der Waals surface area contributed by atoms with Crippen molar-refractivity contribution in [2.45, 2.75) is 19.4 Å². The summed E-state index contributed by atoms with van der Waals surface area (Å²) in [5, 5.41) is 3.40. The number of nitrogens with one attached hydrogen (secondary N) is 2. The van der Waals surface area contributed by atoms with E-state index in [4.69, 9.17) is 0 Å². The van der Waals surface area contributed by atoms with Gasteiger partial charge >= 0.3 is 0 Å². The van der Waals surface area contributed by atoms with E-state index in [-0.39, 0.29) is 0 Å². The number of hydrogen-bond donors (Lipinski definition) is 2. The van der Waals surface area contributed by atoms with Gasteiger partial charge in [0.25, 0.3) is 0 Å². The molecule has 0 saturated carbocycles. The lowest BCUT2D eigenvalue weighted by molar-refractivity contribution is 0.183. The average molecular weight is 244 g/mol. The van der Waals surface area contributed by atoms with Crippen LogP contribution in [0.2, 0.25) is 0 Å². The molecule has 3 rings (SSSR count). The van der Waals surface area contributed by atoms with E-state index in [1.54, 1.807) is 6.33 Å². The molecular weight excluding hydrogens is 224 g/mol. The zero-order valence-corrected chi connectivity index (χ0v) is 10.8. The van der Waals surface area contributed by atoms with Gasteiger partial charge < -0.3 is 10.3 Å². The maximum Gasteiger partial charge on any atom is 0.0931 e. The number of hydrogen-bond acceptors (Lipinski definition) is 3. The minimum absolute atomic E-state index is 0.604. The Morgan fingerprint density at radius 2 is 2.17 bits per heavy atom. The summed E-state index contributed by atoms with van der Waals surface area (Å²) in [6.45, 7) is 6.87. The summed E-state index contributed by atoms with van der Waals surface area (Å²) in [5.41, 5.74) is 3.58. The van der Waals surface area contributed by atoms with E-state index in [2.05, 4.69) is 45.3 Å². The molecule has 4 nitrogen and oxygen atoms in total. The number of piperazine rings is 1. The van der Waals surface area contributed by atoms with Crippen LogP contribution in [0.5, 0.6) is 0 Å². The first kappa shape index (κ1) is 11.7. The molecule has 2 heterocycles. The van der Waals surface area contributed by atoms with Gasteiger partial charge in [-0.15, -0.1) is 0 Å². The fourth-order valence-electron chi connectivity index (χ4n) is 2.70. The number of H-pyrrole nitrogens is 1. The first-order chi connectivity index (χ1) is 8.83. The molecule has 0 radical (unpaired) electrons. The lowest BCUT2D eigenvalue weighted by Crippen LogP contribution is -2.48. The summed E-state index contributed by atoms with van der Waals surface area (Å²) >= 11 is 0. The van der Waals surface area contributed by atoms with Crippen molar-refractivity contribution in [1.82, 2.24) is 20.2 Å². The van der Waals surface area contributed by atoms with Gasteiger partial charge in [0.1, 0.15) is 0 Å². The molecule has 1 saturated heterocycles. The zero-order chi connectivity index (χ0) is 12.4. The zero-order valence-electron chi connectivity index (χ0n) is 10.8. The molecule has 0 amide bonds. The first-order valence-electron chi connectivity index (χ1n) is 6.70. The van der Waals surface area contributed by atoms with Gasteiger partial charge in [-0.2, -0.15) is 0 Å². The Kier molecular flexibility index (Phi) is 3.30. The first-order valence-corrected chi connectivity index (χ1v) is 6.70. The van der Waals surface area contributed by atoms with Crippen molar-refractivity contribution in [3.63, 3.8) is 0 Å². The Labute approximate surface area is 107 Å². The van der Waals surface area contributed by atoms with E-state index in [9.17, 15) is 0 Å². The highest BCUT2D eigenvalue weighted by Gasteiger charge is 2.16. The van der Waals surface area contributed by atoms with Gasteiger partial charge in [-0.25, -0.2) is 4.98 Å². The largest absolute Gasteiger partial charge is 0.345 e. The lowest BCUT2D eigenvalue weighted by Gasteiger charge is -2.32. The van der Waals surface area contributed by atoms with E-state index in [0.29, 0.717) is 6.04 Å².